The molecule has 1 amide bonds. The quantitative estimate of drug-likeness (QED) is 0.792. The fourth-order valence-electron chi connectivity index (χ4n) is 3.42. The van der Waals surface area contributed by atoms with Crippen LogP contribution in [0.25, 0.3) is 0 Å². The summed E-state index contributed by atoms with van der Waals surface area (Å²) in [4.78, 5) is 16.6. The van der Waals surface area contributed by atoms with Gasteiger partial charge in [-0.05, 0) is 5.56 Å². The van der Waals surface area contributed by atoms with Crippen LogP contribution >= 0.6 is 0 Å². The molecule has 2 heterocycles. The molecule has 0 bridgehead atoms. The maximum Gasteiger partial charge on any atom is 0.234 e. The maximum absolute atomic E-state index is 11.9. The highest BCUT2D eigenvalue weighted by Crippen LogP contribution is 2.24. The van der Waals surface area contributed by atoms with Crippen LogP contribution < -0.4 is 5.32 Å². The van der Waals surface area contributed by atoms with Gasteiger partial charge in [-0.2, -0.15) is 0 Å². The third kappa shape index (κ3) is 4.19. The Balaban J connectivity index is 1.57. The Kier molecular flexibility index (Phi) is 5.43. The van der Waals surface area contributed by atoms with Crippen LogP contribution in [-0.4, -0.2) is 67.2 Å². The predicted octanol–water partition coefficient (Wildman–Crippen LogP) is 0.874. The first kappa shape index (κ1) is 16.2. The van der Waals surface area contributed by atoms with E-state index in [2.05, 4.69) is 46.0 Å². The number of benzene rings is 1. The lowest BCUT2D eigenvalue weighted by atomic mass is 10.1. The lowest BCUT2D eigenvalue weighted by Gasteiger charge is -2.37. The number of morpholine rings is 1. The number of carbonyl (C=O) groups is 1. The Morgan fingerprint density at radius 1 is 1.35 bits per heavy atom. The molecule has 2 atom stereocenters. The molecule has 0 saturated carbocycles. The number of nitrogens with one attached hydrogen (secondary N) is 1. The highest BCUT2D eigenvalue weighted by Gasteiger charge is 2.40. The van der Waals surface area contributed by atoms with E-state index in [4.69, 9.17) is 4.74 Å². The van der Waals surface area contributed by atoms with E-state index in [1.807, 2.05) is 6.07 Å². The number of fused-ring (bicyclic) bond motifs is 1. The molecule has 124 valence electrons. The van der Waals surface area contributed by atoms with E-state index in [0.717, 1.165) is 32.8 Å². The topological polar surface area (TPSA) is 44.8 Å². The molecule has 2 fully saturated rings. The van der Waals surface area contributed by atoms with Gasteiger partial charge in [-0.25, -0.2) is 0 Å². The van der Waals surface area contributed by atoms with Crippen LogP contribution in [0.4, 0.5) is 0 Å². The molecular weight excluding hydrogens is 290 g/mol. The number of rotatable bonds is 6. The summed E-state index contributed by atoms with van der Waals surface area (Å²) in [5.41, 5.74) is 1.33. The molecule has 5 nitrogen and oxygen atoms in total. The van der Waals surface area contributed by atoms with E-state index >= 15 is 0 Å². The smallest absolute Gasteiger partial charge is 0.234 e. The summed E-state index contributed by atoms with van der Waals surface area (Å²) in [5.74, 6) is 0.0538. The average molecular weight is 315 g/mol. The summed E-state index contributed by atoms with van der Waals surface area (Å²) in [5, 5.41) is 2.84. The minimum absolute atomic E-state index is 0.0538. The fourth-order valence-corrected chi connectivity index (χ4v) is 3.42. The first-order valence-corrected chi connectivity index (χ1v) is 8.26. The van der Waals surface area contributed by atoms with Gasteiger partial charge in [0.15, 0.2) is 0 Å². The molecule has 0 aromatic heterocycles. The van der Waals surface area contributed by atoms with Crippen molar-refractivity contribution in [3.8, 4) is 0 Å². The predicted molar refractivity (Wildman–Crippen MR) is 90.0 cm³/mol. The fraction of sp³-hybridized carbons (Fsp3) is 0.500. The van der Waals surface area contributed by atoms with Crippen LogP contribution in [0.3, 0.4) is 0 Å². The average Bonchev–Trinajstić information content (AvgIpc) is 2.97. The zero-order chi connectivity index (χ0) is 16.1. The highest BCUT2D eigenvalue weighted by atomic mass is 16.5. The van der Waals surface area contributed by atoms with Crippen molar-refractivity contribution in [2.75, 3.05) is 39.3 Å². The number of hydrogen-bond donors (Lipinski definition) is 1. The van der Waals surface area contributed by atoms with Crippen LogP contribution in [0.5, 0.6) is 0 Å². The van der Waals surface area contributed by atoms with Gasteiger partial charge in [-0.3, -0.25) is 14.6 Å². The van der Waals surface area contributed by atoms with Crippen molar-refractivity contribution in [1.29, 1.82) is 0 Å². The van der Waals surface area contributed by atoms with Gasteiger partial charge in [0.2, 0.25) is 5.91 Å². The Hall–Kier alpha value is -1.69. The van der Waals surface area contributed by atoms with Crippen LogP contribution in [-0.2, 0) is 16.1 Å². The van der Waals surface area contributed by atoms with Crippen LogP contribution in [0.15, 0.2) is 43.0 Å². The summed E-state index contributed by atoms with van der Waals surface area (Å²) in [7, 11) is 0. The van der Waals surface area contributed by atoms with Crippen molar-refractivity contribution in [3.63, 3.8) is 0 Å². The van der Waals surface area contributed by atoms with Crippen LogP contribution in [0.2, 0.25) is 0 Å². The minimum Gasteiger partial charge on any atom is -0.374 e. The van der Waals surface area contributed by atoms with Crippen molar-refractivity contribution in [3.05, 3.63) is 48.6 Å². The first-order valence-electron chi connectivity index (χ1n) is 8.26. The summed E-state index contributed by atoms with van der Waals surface area (Å²) in [6.45, 7) is 8.96. The lowest BCUT2D eigenvalue weighted by molar-refractivity contribution is -0.121. The molecule has 0 spiro atoms. The highest BCUT2D eigenvalue weighted by molar-refractivity contribution is 5.78. The van der Waals surface area contributed by atoms with Gasteiger partial charge in [-0.15, -0.1) is 6.58 Å². The summed E-state index contributed by atoms with van der Waals surface area (Å²) in [6, 6.07) is 10.9. The van der Waals surface area contributed by atoms with Gasteiger partial charge in [0.25, 0.3) is 0 Å². The molecule has 0 radical (unpaired) electrons. The number of hydrogen-bond acceptors (Lipinski definition) is 4. The molecule has 1 aromatic rings. The molecule has 1 N–H and O–H groups in total. The summed E-state index contributed by atoms with van der Waals surface area (Å²) >= 11 is 0. The lowest BCUT2D eigenvalue weighted by Crippen LogP contribution is -2.50. The van der Waals surface area contributed by atoms with Gasteiger partial charge in [-0.1, -0.05) is 36.4 Å². The molecule has 2 unspecified atom stereocenters. The largest absolute Gasteiger partial charge is 0.374 e. The zero-order valence-corrected chi connectivity index (χ0v) is 13.5. The third-order valence-electron chi connectivity index (χ3n) is 4.53. The Bertz CT molecular complexity index is 534. The van der Waals surface area contributed by atoms with Crippen LogP contribution in [0.1, 0.15) is 5.56 Å². The second-order valence-electron chi connectivity index (χ2n) is 6.22. The van der Waals surface area contributed by atoms with Gasteiger partial charge in [0.1, 0.15) is 0 Å². The van der Waals surface area contributed by atoms with Gasteiger partial charge < -0.3 is 10.1 Å². The van der Waals surface area contributed by atoms with E-state index in [9.17, 15) is 4.79 Å². The molecule has 1 aromatic carbocycles. The number of ether oxygens (including phenoxy) is 1. The van der Waals surface area contributed by atoms with Crippen LogP contribution in [0, 0.1) is 0 Å². The first-order chi connectivity index (χ1) is 11.3. The molecule has 23 heavy (non-hydrogen) atoms. The molecule has 5 heteroatoms. The van der Waals surface area contributed by atoms with Gasteiger partial charge >= 0.3 is 0 Å². The van der Waals surface area contributed by atoms with E-state index in [0.29, 0.717) is 19.1 Å². The molecule has 2 aliphatic rings. The number of nitrogens with zero attached hydrogens (tertiary/aromatic N) is 2. The molecule has 3 rings (SSSR count). The van der Waals surface area contributed by atoms with E-state index in [-0.39, 0.29) is 12.0 Å². The van der Waals surface area contributed by atoms with Crippen molar-refractivity contribution in [1.82, 2.24) is 15.1 Å². The van der Waals surface area contributed by atoms with E-state index in [1.165, 1.54) is 5.56 Å². The Labute approximate surface area is 137 Å². The molecule has 0 aliphatic carbocycles. The van der Waals surface area contributed by atoms with Crippen molar-refractivity contribution in [2.45, 2.75) is 18.7 Å². The van der Waals surface area contributed by atoms with E-state index < -0.39 is 0 Å². The third-order valence-corrected chi connectivity index (χ3v) is 4.53. The number of amides is 1. The van der Waals surface area contributed by atoms with Gasteiger partial charge in [0, 0.05) is 32.7 Å². The summed E-state index contributed by atoms with van der Waals surface area (Å²) < 4.78 is 5.93. The SMILES string of the molecule is C=CCNC(=O)CN1CC2OCCN(Cc3ccccc3)C2C1. The molecule has 2 aliphatic heterocycles. The second kappa shape index (κ2) is 7.73. The van der Waals surface area contributed by atoms with Crippen molar-refractivity contribution >= 4 is 5.91 Å². The minimum atomic E-state index is 0.0538. The maximum atomic E-state index is 11.9. The summed E-state index contributed by atoms with van der Waals surface area (Å²) in [6.07, 6.45) is 1.91. The van der Waals surface area contributed by atoms with Crippen molar-refractivity contribution < 1.29 is 9.53 Å². The molecule has 2 saturated heterocycles. The standard InChI is InChI=1S/C18H25N3O2/c1-2-8-19-18(22)14-20-12-16-17(13-20)23-10-9-21(16)11-15-6-4-3-5-7-15/h2-7,16-17H,1,8-14H2,(H,19,22). The Morgan fingerprint density at radius 2 is 2.17 bits per heavy atom. The molecular formula is C18H25N3O2. The van der Waals surface area contributed by atoms with E-state index in [1.54, 1.807) is 6.08 Å². The van der Waals surface area contributed by atoms with Crippen molar-refractivity contribution in [2.24, 2.45) is 0 Å². The second-order valence-corrected chi connectivity index (χ2v) is 6.22. The zero-order valence-electron chi connectivity index (χ0n) is 13.5. The van der Waals surface area contributed by atoms with Gasteiger partial charge in [0.05, 0.1) is 25.3 Å². The Morgan fingerprint density at radius 3 is 2.96 bits per heavy atom. The monoisotopic (exact) mass is 315 g/mol. The number of likely N-dealkylation sites (tertiary alicyclic amines) is 1. The normalized spacial score (nSPS) is 25.0. The number of carbonyl (C=O) groups excluding carboxylic acids is 1.